The topological polar surface area (TPSA) is 133 Å². The zero-order valence-corrected chi connectivity index (χ0v) is 18.1. The number of cyclic esters (lactones) is 1. The number of ether oxygens (including phenoxy) is 1. The Labute approximate surface area is 194 Å². The molecule has 0 radical (unpaired) electrons. The van der Waals surface area contributed by atoms with Crippen LogP contribution in [0.4, 0.5) is 10.1 Å². The molecule has 0 aromatic heterocycles. The number of fused-ring (bicyclic) bond motifs is 1. The number of halogens is 1. The van der Waals surface area contributed by atoms with Gasteiger partial charge in [0.15, 0.2) is 0 Å². The van der Waals surface area contributed by atoms with Crippen LogP contribution in [0.2, 0.25) is 0 Å². The molecule has 2 N–H and O–H groups in total. The maximum Gasteiger partial charge on any atom is 0.310 e. The van der Waals surface area contributed by atoms with Crippen LogP contribution in [0, 0.1) is 5.82 Å². The van der Waals surface area contributed by atoms with Gasteiger partial charge in [0.05, 0.1) is 12.1 Å². The molecule has 2 saturated heterocycles. The van der Waals surface area contributed by atoms with Crippen LogP contribution in [0.3, 0.4) is 0 Å². The highest BCUT2D eigenvalue weighted by Gasteiger charge is 2.46. The fraction of sp³-hybridized carbons (Fsp3) is 0.435. The van der Waals surface area contributed by atoms with Crippen molar-refractivity contribution in [3.05, 3.63) is 42.2 Å². The van der Waals surface area contributed by atoms with Crippen molar-refractivity contribution in [2.45, 2.75) is 62.6 Å². The second-order valence-electron chi connectivity index (χ2n) is 8.43. The molecular formula is C23H24FN3O7. The van der Waals surface area contributed by atoms with E-state index in [2.05, 4.69) is 10.1 Å². The fourth-order valence-electron chi connectivity index (χ4n) is 4.76. The number of benzene rings is 1. The second kappa shape index (κ2) is 9.72. The average Bonchev–Trinajstić information content (AvgIpc) is 3.36. The van der Waals surface area contributed by atoms with Crippen LogP contribution in [-0.2, 0) is 28.7 Å². The standard InChI is InChI=1S/C23H24FN3O7/c24-14-6-2-4-7-16(14)27(19(29)12-28)18-8-3-1-5-13-9-10-17(26(13)22(18)32)21(31)25-15-11-20(30)34-23(15)33/h1-4,6-7,12-13,15,17-18,23,33H,5,8-11H2,(H,25,31)/t13-,15?,17+,18+,23?/m1/s1. The number of hydrogen-bond donors (Lipinski definition) is 2. The highest BCUT2D eigenvalue weighted by molar-refractivity contribution is 6.31. The number of esters is 1. The maximum absolute atomic E-state index is 14.6. The smallest absolute Gasteiger partial charge is 0.310 e. The predicted molar refractivity (Wildman–Crippen MR) is 114 cm³/mol. The molecule has 11 heteroatoms. The minimum atomic E-state index is -1.48. The van der Waals surface area contributed by atoms with Gasteiger partial charge in [-0.1, -0.05) is 24.3 Å². The molecule has 0 spiro atoms. The first kappa shape index (κ1) is 23.6. The van der Waals surface area contributed by atoms with Crippen molar-refractivity contribution < 1.29 is 38.2 Å². The Morgan fingerprint density at radius 1 is 1.18 bits per heavy atom. The van der Waals surface area contributed by atoms with Gasteiger partial charge in [-0.15, -0.1) is 0 Å². The van der Waals surface area contributed by atoms with Gasteiger partial charge in [0.2, 0.25) is 24.4 Å². The summed E-state index contributed by atoms with van der Waals surface area (Å²) in [5.41, 5.74) is -0.214. The first-order valence-electron chi connectivity index (χ1n) is 11.0. The number of nitrogens with zero attached hydrogens (tertiary/aromatic N) is 2. The molecule has 3 aliphatic rings. The lowest BCUT2D eigenvalue weighted by Gasteiger charge is -2.37. The Hall–Kier alpha value is -3.60. The maximum atomic E-state index is 14.6. The number of para-hydroxylation sites is 1. The first-order valence-corrected chi connectivity index (χ1v) is 11.0. The molecule has 180 valence electrons. The van der Waals surface area contributed by atoms with Crippen LogP contribution in [0.1, 0.15) is 32.1 Å². The van der Waals surface area contributed by atoms with E-state index in [1.165, 1.54) is 23.1 Å². The minimum absolute atomic E-state index is 0.0202. The second-order valence-corrected chi connectivity index (χ2v) is 8.43. The molecule has 0 bridgehead atoms. The van der Waals surface area contributed by atoms with Crippen LogP contribution in [-0.4, -0.2) is 70.4 Å². The van der Waals surface area contributed by atoms with E-state index in [-0.39, 0.29) is 30.9 Å². The lowest BCUT2D eigenvalue weighted by atomic mass is 10.0. The van der Waals surface area contributed by atoms with Gasteiger partial charge in [0.1, 0.15) is 23.9 Å². The predicted octanol–water partition coefficient (Wildman–Crippen LogP) is 0.186. The summed E-state index contributed by atoms with van der Waals surface area (Å²) in [7, 11) is 0. The SMILES string of the molecule is O=CC(=O)N(c1ccccc1F)[C@H]1CC=CC[C@@H]2CC[C@@H](C(=O)NC3CC(=O)OC3O)N2C1=O. The Morgan fingerprint density at radius 3 is 2.59 bits per heavy atom. The lowest BCUT2D eigenvalue weighted by molar-refractivity contribution is -0.155. The number of aliphatic hydroxyl groups is 1. The van der Waals surface area contributed by atoms with Crippen LogP contribution < -0.4 is 10.2 Å². The molecule has 2 fully saturated rings. The summed E-state index contributed by atoms with van der Waals surface area (Å²) in [6, 6.07) is 1.87. The summed E-state index contributed by atoms with van der Waals surface area (Å²) in [6.45, 7) is 0. The van der Waals surface area contributed by atoms with Crippen LogP contribution in [0.15, 0.2) is 36.4 Å². The number of aldehydes is 1. The van der Waals surface area contributed by atoms with Crippen molar-refractivity contribution in [2.75, 3.05) is 4.90 Å². The molecule has 4 rings (SSSR count). The molecule has 5 atom stereocenters. The van der Waals surface area contributed by atoms with E-state index in [1.54, 1.807) is 6.08 Å². The van der Waals surface area contributed by atoms with Gasteiger partial charge >= 0.3 is 5.97 Å². The van der Waals surface area contributed by atoms with E-state index in [1.807, 2.05) is 6.08 Å². The number of carbonyl (C=O) groups excluding carboxylic acids is 5. The van der Waals surface area contributed by atoms with E-state index < -0.39 is 53.9 Å². The van der Waals surface area contributed by atoms with Crippen molar-refractivity contribution in [1.82, 2.24) is 10.2 Å². The number of anilines is 1. The van der Waals surface area contributed by atoms with Gasteiger partial charge in [-0.2, -0.15) is 0 Å². The van der Waals surface area contributed by atoms with Gasteiger partial charge in [-0.25, -0.2) is 4.39 Å². The number of hydrogen-bond acceptors (Lipinski definition) is 7. The van der Waals surface area contributed by atoms with E-state index in [9.17, 15) is 33.5 Å². The molecule has 10 nitrogen and oxygen atoms in total. The van der Waals surface area contributed by atoms with E-state index in [4.69, 9.17) is 0 Å². The Bertz CT molecular complexity index is 1050. The van der Waals surface area contributed by atoms with E-state index in [0.717, 1.165) is 11.0 Å². The molecule has 34 heavy (non-hydrogen) atoms. The molecule has 0 saturated carbocycles. The van der Waals surface area contributed by atoms with Crippen molar-refractivity contribution in [1.29, 1.82) is 0 Å². The summed E-state index contributed by atoms with van der Waals surface area (Å²) in [5, 5.41) is 12.4. The first-order chi connectivity index (χ1) is 16.3. The molecule has 2 unspecified atom stereocenters. The number of nitrogens with one attached hydrogen (secondary N) is 1. The monoisotopic (exact) mass is 473 g/mol. The van der Waals surface area contributed by atoms with Crippen molar-refractivity contribution in [3.8, 4) is 0 Å². The summed E-state index contributed by atoms with van der Waals surface area (Å²) in [6.07, 6.45) is 3.21. The third-order valence-corrected chi connectivity index (χ3v) is 6.35. The normalized spacial score (nSPS) is 28.5. The number of amides is 3. The molecule has 1 aromatic carbocycles. The third-order valence-electron chi connectivity index (χ3n) is 6.35. The van der Waals surface area contributed by atoms with Crippen LogP contribution in [0.25, 0.3) is 0 Å². The fourth-order valence-corrected chi connectivity index (χ4v) is 4.76. The lowest BCUT2D eigenvalue weighted by Crippen LogP contribution is -2.58. The Kier molecular flexibility index (Phi) is 6.73. The zero-order chi connectivity index (χ0) is 24.4. The molecule has 3 aliphatic heterocycles. The summed E-state index contributed by atoms with van der Waals surface area (Å²) in [4.78, 5) is 64.4. The number of aliphatic hydroxyl groups excluding tert-OH is 1. The minimum Gasteiger partial charge on any atom is -0.434 e. The highest BCUT2D eigenvalue weighted by Crippen LogP contribution is 2.33. The molecular weight excluding hydrogens is 449 g/mol. The third kappa shape index (κ3) is 4.43. The van der Waals surface area contributed by atoms with E-state index in [0.29, 0.717) is 19.3 Å². The Morgan fingerprint density at radius 2 is 1.91 bits per heavy atom. The van der Waals surface area contributed by atoms with Gasteiger partial charge in [-0.05, 0) is 37.8 Å². The molecule has 0 aliphatic carbocycles. The molecule has 1 aromatic rings. The quantitative estimate of drug-likeness (QED) is 0.270. The van der Waals surface area contributed by atoms with Crippen LogP contribution >= 0.6 is 0 Å². The summed E-state index contributed by atoms with van der Waals surface area (Å²) < 4.78 is 19.2. The zero-order valence-electron chi connectivity index (χ0n) is 18.1. The van der Waals surface area contributed by atoms with Gasteiger partial charge < -0.3 is 20.1 Å². The highest BCUT2D eigenvalue weighted by atomic mass is 19.1. The van der Waals surface area contributed by atoms with E-state index >= 15 is 0 Å². The van der Waals surface area contributed by atoms with Crippen molar-refractivity contribution in [2.24, 2.45) is 0 Å². The number of rotatable bonds is 5. The van der Waals surface area contributed by atoms with Crippen molar-refractivity contribution in [3.63, 3.8) is 0 Å². The Balaban J connectivity index is 1.64. The van der Waals surface area contributed by atoms with Crippen molar-refractivity contribution >= 4 is 35.7 Å². The average molecular weight is 473 g/mol. The van der Waals surface area contributed by atoms with Gasteiger partial charge in [-0.3, -0.25) is 28.9 Å². The largest absolute Gasteiger partial charge is 0.434 e. The summed E-state index contributed by atoms with van der Waals surface area (Å²) in [5.74, 6) is -3.67. The van der Waals surface area contributed by atoms with Gasteiger partial charge in [0.25, 0.3) is 5.91 Å². The molecule has 3 amide bonds. The molecule has 3 heterocycles. The van der Waals surface area contributed by atoms with Gasteiger partial charge in [0, 0.05) is 6.04 Å². The summed E-state index contributed by atoms with van der Waals surface area (Å²) >= 11 is 0. The van der Waals surface area contributed by atoms with Crippen LogP contribution in [0.5, 0.6) is 0 Å². The number of carbonyl (C=O) groups is 5.